The van der Waals surface area contributed by atoms with Crippen LogP contribution in [0, 0.1) is 11.6 Å². The molecular formula is C30H30ClF5N4O3S. The van der Waals surface area contributed by atoms with Gasteiger partial charge < -0.3 is 14.5 Å². The molecule has 0 spiro atoms. The first-order chi connectivity index (χ1) is 20.8. The molecular weight excluding hydrogens is 627 g/mol. The number of hydrogen-bond donors (Lipinski definition) is 0. The Kier molecular flexibility index (Phi) is 9.03. The van der Waals surface area contributed by atoms with Gasteiger partial charge in [0, 0.05) is 65.0 Å². The number of carbonyl (C=O) groups excluding carboxylic acids is 1. The number of alkyl halides is 3. The van der Waals surface area contributed by atoms with Crippen molar-refractivity contribution in [2.45, 2.75) is 63.0 Å². The Bertz CT molecular complexity index is 1690. The Labute approximate surface area is 259 Å². The van der Waals surface area contributed by atoms with E-state index >= 15 is 4.39 Å². The van der Waals surface area contributed by atoms with Crippen molar-refractivity contribution < 1.29 is 31.5 Å². The predicted molar refractivity (Wildman–Crippen MR) is 160 cm³/mol. The third-order valence-electron chi connectivity index (χ3n) is 7.79. The van der Waals surface area contributed by atoms with Crippen LogP contribution in [-0.4, -0.2) is 64.0 Å². The van der Waals surface area contributed by atoms with Crippen LogP contribution in [0.15, 0.2) is 40.5 Å². The number of carbonyl (C=O) groups is 1. The highest BCUT2D eigenvalue weighted by Gasteiger charge is 2.40. The minimum Gasteiger partial charge on any atom is -0.375 e. The van der Waals surface area contributed by atoms with Crippen LogP contribution in [0.1, 0.15) is 32.8 Å². The number of rotatable bonds is 6. The van der Waals surface area contributed by atoms with Gasteiger partial charge in [0.05, 0.1) is 28.8 Å². The summed E-state index contributed by atoms with van der Waals surface area (Å²) in [6, 6.07) is 1.39. The van der Waals surface area contributed by atoms with E-state index in [1.807, 2.05) is 6.92 Å². The maximum atomic E-state index is 15.3. The van der Waals surface area contributed by atoms with Gasteiger partial charge >= 0.3 is 11.9 Å². The van der Waals surface area contributed by atoms with E-state index in [1.165, 1.54) is 10.6 Å². The van der Waals surface area contributed by atoms with Gasteiger partial charge in [-0.05, 0) is 38.5 Å². The third kappa shape index (κ3) is 5.81. The molecule has 14 heteroatoms. The van der Waals surface area contributed by atoms with Gasteiger partial charge in [0.15, 0.2) is 0 Å². The van der Waals surface area contributed by atoms with Crippen LogP contribution in [0.2, 0.25) is 5.02 Å². The maximum Gasteiger partial charge on any atom is 0.417 e. The standard InChI is InChI=1S/C30H30ClF5N4O3S/c1-5-7-43-17-13-39-26-19(28(37-29(39)42)38-11-15(3)40(16(4)12-38)24(41)6-2)8-20(30(34,35)36)25(27(26)44-14-17)18-9-21(31)23(33)10-22(18)32/h6,8-10,15-17H,2,5,7,11-14H2,1,3-4H3/t15-,16+,17?. The molecule has 7 nitrogen and oxygen atoms in total. The van der Waals surface area contributed by atoms with Crippen molar-refractivity contribution in [1.29, 1.82) is 0 Å². The minimum atomic E-state index is -4.98. The highest BCUT2D eigenvalue weighted by Crippen LogP contribution is 2.49. The molecule has 0 N–H and O–H groups in total. The number of thioether (sulfide) groups is 1. The molecule has 3 atom stereocenters. The van der Waals surface area contributed by atoms with E-state index in [0.717, 1.165) is 23.9 Å². The highest BCUT2D eigenvalue weighted by molar-refractivity contribution is 7.99. The lowest BCUT2D eigenvalue weighted by Gasteiger charge is -2.44. The molecule has 236 valence electrons. The van der Waals surface area contributed by atoms with Crippen molar-refractivity contribution in [2.75, 3.05) is 30.3 Å². The molecule has 1 unspecified atom stereocenters. The quantitative estimate of drug-likeness (QED) is 0.171. The predicted octanol–water partition coefficient (Wildman–Crippen LogP) is 6.53. The van der Waals surface area contributed by atoms with E-state index in [9.17, 15) is 27.2 Å². The van der Waals surface area contributed by atoms with Gasteiger partial charge in [-0.2, -0.15) is 18.2 Å². The summed E-state index contributed by atoms with van der Waals surface area (Å²) in [5.41, 5.74) is -2.84. The number of benzene rings is 2. The number of ether oxygens (including phenoxy) is 1. The van der Waals surface area contributed by atoms with Crippen LogP contribution in [0.3, 0.4) is 0 Å². The monoisotopic (exact) mass is 656 g/mol. The zero-order valence-corrected chi connectivity index (χ0v) is 25.8. The van der Waals surface area contributed by atoms with Crippen molar-refractivity contribution in [2.24, 2.45) is 0 Å². The largest absolute Gasteiger partial charge is 0.417 e. The summed E-state index contributed by atoms with van der Waals surface area (Å²) in [6.07, 6.45) is -3.66. The normalized spacial score (nSPS) is 20.6. The molecule has 5 rings (SSSR count). The van der Waals surface area contributed by atoms with Gasteiger partial charge in [0.2, 0.25) is 5.91 Å². The molecule has 2 aliphatic rings. The number of piperazine rings is 1. The fourth-order valence-electron chi connectivity index (χ4n) is 6.00. The molecule has 0 saturated carbocycles. The zero-order chi connectivity index (χ0) is 32.1. The molecule has 3 aromatic rings. The van der Waals surface area contributed by atoms with Crippen LogP contribution in [0.25, 0.3) is 22.0 Å². The van der Waals surface area contributed by atoms with Crippen molar-refractivity contribution >= 4 is 46.0 Å². The van der Waals surface area contributed by atoms with Crippen LogP contribution >= 0.6 is 23.4 Å². The van der Waals surface area contributed by atoms with Gasteiger partial charge in [0.25, 0.3) is 0 Å². The Hall–Kier alpha value is -3.16. The smallest absolute Gasteiger partial charge is 0.375 e. The summed E-state index contributed by atoms with van der Waals surface area (Å²) in [7, 11) is 0. The van der Waals surface area contributed by atoms with Crippen LogP contribution in [0.4, 0.5) is 27.8 Å². The van der Waals surface area contributed by atoms with Crippen LogP contribution < -0.4 is 10.6 Å². The average Bonchev–Trinajstić information content (AvgIpc) is 3.15. The van der Waals surface area contributed by atoms with Crippen molar-refractivity contribution in [3.05, 3.63) is 63.6 Å². The lowest BCUT2D eigenvalue weighted by atomic mass is 9.95. The fourth-order valence-corrected chi connectivity index (χ4v) is 7.44. The lowest BCUT2D eigenvalue weighted by molar-refractivity contribution is -0.137. The van der Waals surface area contributed by atoms with E-state index < -0.39 is 51.3 Å². The third-order valence-corrected chi connectivity index (χ3v) is 9.30. The van der Waals surface area contributed by atoms with E-state index in [4.69, 9.17) is 16.3 Å². The Morgan fingerprint density at radius 2 is 1.84 bits per heavy atom. The van der Waals surface area contributed by atoms with Crippen molar-refractivity contribution in [3.63, 3.8) is 0 Å². The molecule has 2 aliphatic heterocycles. The molecule has 1 aromatic heterocycles. The molecule has 0 bridgehead atoms. The molecule has 1 fully saturated rings. The molecule has 2 aromatic carbocycles. The molecule has 0 aliphatic carbocycles. The highest BCUT2D eigenvalue weighted by atomic mass is 35.5. The number of aromatic nitrogens is 2. The summed E-state index contributed by atoms with van der Waals surface area (Å²) < 4.78 is 81.3. The summed E-state index contributed by atoms with van der Waals surface area (Å²) in [6.45, 7) is 9.77. The maximum absolute atomic E-state index is 15.3. The second kappa shape index (κ2) is 12.3. The van der Waals surface area contributed by atoms with E-state index in [1.54, 1.807) is 23.6 Å². The summed E-state index contributed by atoms with van der Waals surface area (Å²) in [5, 5.41) is -0.511. The number of anilines is 1. The van der Waals surface area contributed by atoms with Gasteiger partial charge in [-0.15, -0.1) is 11.8 Å². The van der Waals surface area contributed by atoms with Crippen molar-refractivity contribution in [3.8, 4) is 11.1 Å². The molecule has 44 heavy (non-hydrogen) atoms. The number of hydrogen-bond acceptors (Lipinski definition) is 6. The van der Waals surface area contributed by atoms with E-state index in [-0.39, 0.29) is 65.0 Å². The summed E-state index contributed by atoms with van der Waals surface area (Å²) in [5.74, 6) is -2.45. The molecule has 0 radical (unpaired) electrons. The van der Waals surface area contributed by atoms with Gasteiger partial charge in [-0.3, -0.25) is 9.36 Å². The van der Waals surface area contributed by atoms with Gasteiger partial charge in [0.1, 0.15) is 17.5 Å². The summed E-state index contributed by atoms with van der Waals surface area (Å²) >= 11 is 6.95. The van der Waals surface area contributed by atoms with Crippen molar-refractivity contribution in [1.82, 2.24) is 14.5 Å². The molecule has 3 heterocycles. The van der Waals surface area contributed by atoms with Gasteiger partial charge in [-0.1, -0.05) is 25.1 Å². The fraction of sp³-hybridized carbons (Fsp3) is 0.433. The number of nitrogens with zero attached hydrogens (tertiary/aromatic N) is 4. The average molecular weight is 657 g/mol. The number of amides is 1. The lowest BCUT2D eigenvalue weighted by Crippen LogP contribution is -2.58. The van der Waals surface area contributed by atoms with Crippen LogP contribution in [-0.2, 0) is 22.3 Å². The first-order valence-electron chi connectivity index (χ1n) is 14.0. The van der Waals surface area contributed by atoms with E-state index in [0.29, 0.717) is 19.1 Å². The Morgan fingerprint density at radius 1 is 1.16 bits per heavy atom. The van der Waals surface area contributed by atoms with Gasteiger partial charge in [-0.25, -0.2) is 13.6 Å². The number of halogens is 6. The topological polar surface area (TPSA) is 67.7 Å². The second-order valence-electron chi connectivity index (χ2n) is 11.0. The first kappa shape index (κ1) is 32.2. The first-order valence-corrected chi connectivity index (χ1v) is 15.4. The van der Waals surface area contributed by atoms with Crippen LogP contribution in [0.5, 0.6) is 0 Å². The molecule has 1 saturated heterocycles. The SMILES string of the molecule is C=CC(=O)N1[C@H](C)CN(c2nc(=O)n3c4c(c(-c5cc(Cl)c(F)cc5F)c(C(F)(F)F)cc24)SCC(OCCC)C3)C[C@@H]1C. The van der Waals surface area contributed by atoms with E-state index in [2.05, 4.69) is 11.6 Å². The second-order valence-corrected chi connectivity index (χ2v) is 12.4. The minimum absolute atomic E-state index is 0.00843. The zero-order valence-electron chi connectivity index (χ0n) is 24.2. The Morgan fingerprint density at radius 3 is 2.45 bits per heavy atom. The molecule has 1 amide bonds. The summed E-state index contributed by atoms with van der Waals surface area (Å²) in [4.78, 5) is 33.8. The Balaban J connectivity index is 1.83.